The monoisotopic (exact) mass is 484 g/mol. The SMILES string of the molecule is c1ccc(-n2c(-c3cccc4c3oc3c5c(ccc34)-c3cccc4cccc-5c34)nc3ccccc32)cc1. The first-order valence-electron chi connectivity index (χ1n) is 12.9. The minimum Gasteiger partial charge on any atom is -0.455 e. The lowest BCUT2D eigenvalue weighted by Gasteiger charge is -2.09. The van der Waals surface area contributed by atoms with Crippen molar-refractivity contribution in [2.45, 2.75) is 0 Å². The van der Waals surface area contributed by atoms with E-state index in [2.05, 4.69) is 114 Å². The van der Waals surface area contributed by atoms with Crippen LogP contribution in [0.25, 0.3) is 83.1 Å². The molecule has 0 saturated heterocycles. The van der Waals surface area contributed by atoms with E-state index in [0.717, 1.165) is 50.0 Å². The zero-order valence-corrected chi connectivity index (χ0v) is 20.3. The molecule has 0 aliphatic heterocycles. The Balaban J connectivity index is 1.38. The predicted molar refractivity (Wildman–Crippen MR) is 156 cm³/mol. The van der Waals surface area contributed by atoms with Gasteiger partial charge in [-0.15, -0.1) is 0 Å². The highest BCUT2D eigenvalue weighted by Gasteiger charge is 2.27. The molecular formula is C35H20N2O. The topological polar surface area (TPSA) is 31.0 Å². The molecule has 2 aromatic heterocycles. The summed E-state index contributed by atoms with van der Waals surface area (Å²) in [5, 5.41) is 4.81. The highest BCUT2D eigenvalue weighted by atomic mass is 16.3. The third-order valence-corrected chi connectivity index (χ3v) is 7.95. The van der Waals surface area contributed by atoms with Gasteiger partial charge in [0.05, 0.1) is 16.6 Å². The normalized spacial score (nSPS) is 12.2. The number of hydrogen-bond donors (Lipinski definition) is 0. The van der Waals surface area contributed by atoms with Crippen molar-refractivity contribution in [2.24, 2.45) is 0 Å². The van der Waals surface area contributed by atoms with E-state index in [0.29, 0.717) is 0 Å². The molecule has 0 bridgehead atoms. The molecule has 3 nitrogen and oxygen atoms in total. The van der Waals surface area contributed by atoms with Gasteiger partial charge in [-0.25, -0.2) is 4.98 Å². The first-order valence-corrected chi connectivity index (χ1v) is 12.9. The number of rotatable bonds is 2. The summed E-state index contributed by atoms with van der Waals surface area (Å²) in [7, 11) is 0. The van der Waals surface area contributed by atoms with E-state index < -0.39 is 0 Å². The fourth-order valence-electron chi connectivity index (χ4n) is 6.35. The van der Waals surface area contributed by atoms with Gasteiger partial charge in [0.15, 0.2) is 0 Å². The summed E-state index contributed by atoms with van der Waals surface area (Å²) in [4.78, 5) is 5.12. The number of imidazole rings is 1. The van der Waals surface area contributed by atoms with Crippen molar-refractivity contribution >= 4 is 43.7 Å². The average Bonchev–Trinajstić information content (AvgIpc) is 3.65. The van der Waals surface area contributed by atoms with Crippen molar-refractivity contribution in [3.8, 4) is 39.3 Å². The van der Waals surface area contributed by atoms with Crippen LogP contribution in [0.3, 0.4) is 0 Å². The number of para-hydroxylation sites is 4. The zero-order chi connectivity index (χ0) is 24.8. The second-order valence-electron chi connectivity index (χ2n) is 9.95. The van der Waals surface area contributed by atoms with Crippen LogP contribution in [-0.2, 0) is 0 Å². The molecule has 0 amide bonds. The van der Waals surface area contributed by atoms with E-state index in [4.69, 9.17) is 9.40 Å². The number of nitrogens with zero attached hydrogens (tertiary/aromatic N) is 2. The molecule has 0 atom stereocenters. The van der Waals surface area contributed by atoms with Crippen LogP contribution in [0.15, 0.2) is 126 Å². The summed E-state index contributed by atoms with van der Waals surface area (Å²) in [5.74, 6) is 0.879. The van der Waals surface area contributed by atoms with Gasteiger partial charge in [0.1, 0.15) is 17.0 Å². The summed E-state index contributed by atoms with van der Waals surface area (Å²) in [6, 6.07) is 42.7. The van der Waals surface area contributed by atoms with Gasteiger partial charge in [-0.1, -0.05) is 84.9 Å². The lowest BCUT2D eigenvalue weighted by molar-refractivity contribution is 0.671. The lowest BCUT2D eigenvalue weighted by Crippen LogP contribution is -1.97. The number of aromatic nitrogens is 2. The van der Waals surface area contributed by atoms with Crippen LogP contribution in [0.4, 0.5) is 0 Å². The van der Waals surface area contributed by atoms with Crippen LogP contribution in [0, 0.1) is 0 Å². The molecule has 0 unspecified atom stereocenters. The molecule has 0 radical (unpaired) electrons. The Hall–Kier alpha value is -5.15. The van der Waals surface area contributed by atoms with E-state index in [1.165, 1.54) is 33.0 Å². The summed E-state index contributed by atoms with van der Waals surface area (Å²) >= 11 is 0. The Bertz CT molecular complexity index is 2230. The fraction of sp³-hybridized carbons (Fsp3) is 0. The molecular weight excluding hydrogens is 464 g/mol. The first-order chi connectivity index (χ1) is 18.9. The second kappa shape index (κ2) is 7.21. The zero-order valence-electron chi connectivity index (χ0n) is 20.3. The average molecular weight is 485 g/mol. The van der Waals surface area contributed by atoms with Gasteiger partial charge in [-0.05, 0) is 63.9 Å². The number of benzene rings is 6. The lowest BCUT2D eigenvalue weighted by atomic mass is 10.0. The van der Waals surface area contributed by atoms with Crippen molar-refractivity contribution in [3.63, 3.8) is 0 Å². The quantitative estimate of drug-likeness (QED) is 0.245. The van der Waals surface area contributed by atoms with Gasteiger partial charge in [-0.3, -0.25) is 4.57 Å². The highest BCUT2D eigenvalue weighted by molar-refractivity contribution is 6.23. The summed E-state index contributed by atoms with van der Waals surface area (Å²) in [6.07, 6.45) is 0. The summed E-state index contributed by atoms with van der Waals surface area (Å²) < 4.78 is 9.11. The predicted octanol–water partition coefficient (Wildman–Crippen LogP) is 9.39. The Morgan fingerprint density at radius 3 is 2.16 bits per heavy atom. The molecule has 38 heavy (non-hydrogen) atoms. The fourth-order valence-corrected chi connectivity index (χ4v) is 6.35. The van der Waals surface area contributed by atoms with Crippen LogP contribution in [0.5, 0.6) is 0 Å². The van der Waals surface area contributed by atoms with E-state index in [-0.39, 0.29) is 0 Å². The summed E-state index contributed by atoms with van der Waals surface area (Å²) in [5.41, 5.74) is 10.9. The van der Waals surface area contributed by atoms with Gasteiger partial charge in [0, 0.05) is 22.0 Å². The number of furan rings is 1. The largest absolute Gasteiger partial charge is 0.455 e. The van der Waals surface area contributed by atoms with Gasteiger partial charge in [-0.2, -0.15) is 0 Å². The summed E-state index contributed by atoms with van der Waals surface area (Å²) in [6.45, 7) is 0. The molecule has 0 spiro atoms. The molecule has 1 aliphatic carbocycles. The van der Waals surface area contributed by atoms with E-state index >= 15 is 0 Å². The Kier molecular flexibility index (Phi) is 3.79. The Morgan fingerprint density at radius 2 is 1.26 bits per heavy atom. The van der Waals surface area contributed by atoms with Crippen LogP contribution < -0.4 is 0 Å². The maximum Gasteiger partial charge on any atom is 0.149 e. The molecule has 3 heteroatoms. The van der Waals surface area contributed by atoms with Crippen molar-refractivity contribution in [3.05, 3.63) is 121 Å². The Labute approximate surface area is 218 Å². The van der Waals surface area contributed by atoms with Crippen molar-refractivity contribution < 1.29 is 4.42 Å². The molecule has 1 aliphatic rings. The van der Waals surface area contributed by atoms with Gasteiger partial charge < -0.3 is 4.42 Å². The molecule has 0 fully saturated rings. The molecule has 9 rings (SSSR count). The maximum atomic E-state index is 6.88. The van der Waals surface area contributed by atoms with Gasteiger partial charge >= 0.3 is 0 Å². The minimum absolute atomic E-state index is 0.867. The molecule has 8 aromatic rings. The molecule has 176 valence electrons. The van der Waals surface area contributed by atoms with Crippen LogP contribution in [-0.4, -0.2) is 9.55 Å². The molecule has 0 N–H and O–H groups in total. The van der Waals surface area contributed by atoms with Crippen molar-refractivity contribution in [1.82, 2.24) is 9.55 Å². The van der Waals surface area contributed by atoms with Crippen LogP contribution in [0.1, 0.15) is 0 Å². The third-order valence-electron chi connectivity index (χ3n) is 7.95. The second-order valence-corrected chi connectivity index (χ2v) is 9.95. The maximum absolute atomic E-state index is 6.88. The van der Waals surface area contributed by atoms with Gasteiger partial charge in [0.25, 0.3) is 0 Å². The minimum atomic E-state index is 0.867. The number of hydrogen-bond acceptors (Lipinski definition) is 2. The van der Waals surface area contributed by atoms with Crippen molar-refractivity contribution in [2.75, 3.05) is 0 Å². The number of fused-ring (bicyclic) bond motifs is 8. The Morgan fingerprint density at radius 1 is 0.526 bits per heavy atom. The molecule has 6 aromatic carbocycles. The smallest absolute Gasteiger partial charge is 0.149 e. The standard InChI is InChI=1S/C35H20N2O/c1-2-11-22(12-3-1)37-30-18-5-4-17-29(30)36-35(37)28-16-8-14-25-26-20-19-24-23-13-6-9-21-10-7-15-27(31(21)23)32(24)34(26)38-33(25)28/h1-20H. The first kappa shape index (κ1) is 20.0. The third kappa shape index (κ3) is 2.50. The molecule has 2 heterocycles. The molecule has 0 saturated carbocycles. The van der Waals surface area contributed by atoms with Gasteiger partial charge in [0.2, 0.25) is 0 Å². The van der Waals surface area contributed by atoms with E-state index in [9.17, 15) is 0 Å². The van der Waals surface area contributed by atoms with Crippen molar-refractivity contribution in [1.29, 1.82) is 0 Å². The highest BCUT2D eigenvalue weighted by Crippen LogP contribution is 2.52. The van der Waals surface area contributed by atoms with E-state index in [1.807, 2.05) is 12.1 Å². The van der Waals surface area contributed by atoms with E-state index in [1.54, 1.807) is 0 Å². The van der Waals surface area contributed by atoms with Crippen LogP contribution in [0.2, 0.25) is 0 Å². The van der Waals surface area contributed by atoms with Crippen LogP contribution >= 0.6 is 0 Å².